The molecule has 9 atom stereocenters. The second kappa shape index (κ2) is 20.0. The molecular formula is C32H53N3O13. The average Bonchev–Trinajstić information content (AvgIpc) is 3.07. The van der Waals surface area contributed by atoms with E-state index in [1.807, 2.05) is 0 Å². The zero-order valence-corrected chi connectivity index (χ0v) is 27.7. The maximum Gasteiger partial charge on any atom is 0.251 e. The number of nitrogens with one attached hydrogen (secondary N) is 2. The van der Waals surface area contributed by atoms with Crippen LogP contribution in [0.4, 0.5) is 0 Å². The smallest absolute Gasteiger partial charge is 0.251 e. The summed E-state index contributed by atoms with van der Waals surface area (Å²) in [6.07, 6.45) is -10.0. The van der Waals surface area contributed by atoms with Crippen LogP contribution in [0.25, 0.3) is 0 Å². The molecule has 2 rings (SSSR count). The van der Waals surface area contributed by atoms with E-state index in [1.165, 1.54) is 26.5 Å². The first-order valence-corrected chi connectivity index (χ1v) is 16.2. The van der Waals surface area contributed by atoms with Gasteiger partial charge in [0.25, 0.3) is 5.91 Å². The average molecular weight is 688 g/mol. The van der Waals surface area contributed by atoms with Gasteiger partial charge in [0.1, 0.15) is 42.7 Å². The SMILES string of the molecule is CCCCCCCC(=O)NCc1ccc(/C=[N+](\[O-])C(C)(C)CNC(=O)[C@H](O)[C@@H](O)[C@H](O[C@@H]2O[C@H](CO)[C@H](O)[C@H](O)[C@H]2O)[C@H](O)CO)cc1. The van der Waals surface area contributed by atoms with E-state index in [0.29, 0.717) is 23.3 Å². The molecule has 0 spiro atoms. The fourth-order valence-electron chi connectivity index (χ4n) is 4.87. The van der Waals surface area contributed by atoms with Gasteiger partial charge >= 0.3 is 0 Å². The third-order valence-electron chi connectivity index (χ3n) is 8.17. The Morgan fingerprint density at radius 2 is 1.65 bits per heavy atom. The van der Waals surface area contributed by atoms with E-state index in [0.717, 1.165) is 31.2 Å². The first kappa shape index (κ1) is 41.4. The summed E-state index contributed by atoms with van der Waals surface area (Å²) >= 11 is 0. The second-order valence-electron chi connectivity index (χ2n) is 12.7. The molecule has 1 fully saturated rings. The predicted molar refractivity (Wildman–Crippen MR) is 171 cm³/mol. The Kier molecular flexibility index (Phi) is 17.3. The highest BCUT2D eigenvalue weighted by atomic mass is 16.7. The lowest BCUT2D eigenvalue weighted by Crippen LogP contribution is -2.62. The minimum absolute atomic E-state index is 0.0178. The number of unbranched alkanes of at least 4 members (excludes halogenated alkanes) is 4. The van der Waals surface area contributed by atoms with Crippen LogP contribution in [-0.2, 0) is 25.6 Å². The van der Waals surface area contributed by atoms with Crippen LogP contribution < -0.4 is 10.6 Å². The highest BCUT2D eigenvalue weighted by Crippen LogP contribution is 2.25. The number of ether oxygens (including phenoxy) is 2. The van der Waals surface area contributed by atoms with Gasteiger partial charge in [-0.05, 0) is 24.1 Å². The number of aliphatic hydroxyl groups is 8. The van der Waals surface area contributed by atoms with Crippen LogP contribution in [0.3, 0.4) is 0 Å². The number of amides is 2. The number of rotatable bonds is 20. The normalized spacial score (nSPS) is 24.4. The molecular weight excluding hydrogens is 634 g/mol. The number of carbonyl (C=O) groups is 2. The van der Waals surface area contributed by atoms with Crippen molar-refractivity contribution in [2.45, 2.75) is 127 Å². The summed E-state index contributed by atoms with van der Waals surface area (Å²) in [7, 11) is 0. The van der Waals surface area contributed by atoms with Crippen LogP contribution in [0.1, 0.15) is 70.4 Å². The molecule has 1 aromatic rings. The zero-order valence-electron chi connectivity index (χ0n) is 27.7. The summed E-state index contributed by atoms with van der Waals surface area (Å²) in [5.41, 5.74) is 0.154. The summed E-state index contributed by atoms with van der Waals surface area (Å²) in [5.74, 6) is -1.18. The Hall–Kier alpha value is -2.77. The van der Waals surface area contributed by atoms with Gasteiger partial charge in [-0.15, -0.1) is 0 Å². The molecule has 16 nitrogen and oxygen atoms in total. The molecule has 274 valence electrons. The Morgan fingerprint density at radius 1 is 1.00 bits per heavy atom. The molecule has 0 unspecified atom stereocenters. The van der Waals surface area contributed by atoms with Crippen molar-refractivity contribution in [3.05, 3.63) is 40.6 Å². The van der Waals surface area contributed by atoms with Crippen LogP contribution in [0.5, 0.6) is 0 Å². The van der Waals surface area contributed by atoms with Crippen LogP contribution in [0.2, 0.25) is 0 Å². The molecule has 10 N–H and O–H groups in total. The summed E-state index contributed by atoms with van der Waals surface area (Å²) in [6.45, 7) is 3.41. The maximum absolute atomic E-state index is 13.0. The lowest BCUT2D eigenvalue weighted by molar-refractivity contribution is -0.533. The van der Waals surface area contributed by atoms with Gasteiger partial charge in [0.15, 0.2) is 24.1 Å². The van der Waals surface area contributed by atoms with Crippen molar-refractivity contribution in [2.24, 2.45) is 0 Å². The van der Waals surface area contributed by atoms with Gasteiger partial charge in [-0.25, -0.2) is 4.74 Å². The minimum atomic E-state index is -2.27. The Labute approximate surface area is 280 Å². The number of carbonyl (C=O) groups excluding carboxylic acids is 2. The fourth-order valence-corrected chi connectivity index (χ4v) is 4.87. The van der Waals surface area contributed by atoms with Gasteiger partial charge in [-0.3, -0.25) is 9.59 Å². The van der Waals surface area contributed by atoms with E-state index >= 15 is 0 Å². The highest BCUT2D eigenvalue weighted by Gasteiger charge is 2.47. The summed E-state index contributed by atoms with van der Waals surface area (Å²) in [6, 6.07) is 6.95. The van der Waals surface area contributed by atoms with E-state index in [4.69, 9.17) is 9.47 Å². The van der Waals surface area contributed by atoms with E-state index in [2.05, 4.69) is 17.6 Å². The van der Waals surface area contributed by atoms with Gasteiger partial charge in [0.2, 0.25) is 5.91 Å². The van der Waals surface area contributed by atoms with E-state index in [-0.39, 0.29) is 12.5 Å². The molecule has 1 aliphatic heterocycles. The topological polar surface area (TPSA) is 265 Å². The summed E-state index contributed by atoms with van der Waals surface area (Å²) in [5, 5.41) is 98.6. The molecule has 0 radical (unpaired) electrons. The number of hydroxylamine groups is 1. The van der Waals surface area contributed by atoms with E-state index < -0.39 is 79.8 Å². The number of benzene rings is 1. The van der Waals surface area contributed by atoms with Gasteiger partial charge < -0.3 is 66.2 Å². The van der Waals surface area contributed by atoms with Crippen molar-refractivity contribution in [2.75, 3.05) is 19.8 Å². The third kappa shape index (κ3) is 12.3. The van der Waals surface area contributed by atoms with Crippen molar-refractivity contribution >= 4 is 18.0 Å². The summed E-state index contributed by atoms with van der Waals surface area (Å²) < 4.78 is 11.1. The second-order valence-corrected chi connectivity index (χ2v) is 12.7. The van der Waals surface area contributed by atoms with Crippen molar-refractivity contribution in [1.82, 2.24) is 10.6 Å². The highest BCUT2D eigenvalue weighted by molar-refractivity contribution is 5.81. The van der Waals surface area contributed by atoms with Crippen molar-refractivity contribution in [3.63, 3.8) is 0 Å². The van der Waals surface area contributed by atoms with E-state index in [9.17, 15) is 55.6 Å². The largest absolute Gasteiger partial charge is 0.623 e. The molecule has 1 heterocycles. The van der Waals surface area contributed by atoms with Gasteiger partial charge in [0.05, 0.1) is 19.8 Å². The van der Waals surface area contributed by atoms with E-state index in [1.54, 1.807) is 24.3 Å². The number of nitrogens with zero attached hydrogens (tertiary/aromatic N) is 1. The lowest BCUT2D eigenvalue weighted by atomic mass is 9.98. The number of hydrogen-bond acceptors (Lipinski definition) is 13. The molecule has 48 heavy (non-hydrogen) atoms. The van der Waals surface area contributed by atoms with Gasteiger partial charge in [-0.2, -0.15) is 0 Å². The molecule has 1 aliphatic rings. The number of aliphatic hydroxyl groups excluding tert-OH is 8. The first-order valence-electron chi connectivity index (χ1n) is 16.2. The number of hydrogen-bond donors (Lipinski definition) is 10. The van der Waals surface area contributed by atoms with Crippen LogP contribution >= 0.6 is 0 Å². The molecule has 1 saturated heterocycles. The van der Waals surface area contributed by atoms with Crippen molar-refractivity contribution in [3.8, 4) is 0 Å². The monoisotopic (exact) mass is 687 g/mol. The molecule has 0 aromatic heterocycles. The fraction of sp³-hybridized carbons (Fsp3) is 0.719. The van der Waals surface area contributed by atoms with Crippen LogP contribution in [0, 0.1) is 5.21 Å². The minimum Gasteiger partial charge on any atom is -0.623 e. The Balaban J connectivity index is 1.95. The maximum atomic E-state index is 13.0. The summed E-state index contributed by atoms with van der Waals surface area (Å²) in [4.78, 5) is 24.8. The molecule has 0 aliphatic carbocycles. The molecule has 2 amide bonds. The van der Waals surface area contributed by atoms with Gasteiger partial charge in [-0.1, -0.05) is 44.7 Å². The Morgan fingerprint density at radius 3 is 2.25 bits per heavy atom. The molecule has 1 aromatic carbocycles. The van der Waals surface area contributed by atoms with Crippen LogP contribution in [0.15, 0.2) is 24.3 Å². The molecule has 0 bridgehead atoms. The van der Waals surface area contributed by atoms with Crippen molar-refractivity contribution < 1.29 is 64.7 Å². The van der Waals surface area contributed by atoms with Gasteiger partial charge in [0, 0.05) is 32.4 Å². The standard InChI is InChI=1S/C32H53N3O13/c1-4-5-6-7-8-9-23(39)33-14-19-10-12-20(13-11-19)15-35(46)32(2,3)18-34-30(45)27(43)26(42)29(21(38)16-36)48-31-28(44)25(41)24(40)22(17-37)47-31/h10-13,15,21-22,24-29,31,36-38,40-44H,4-9,14,16-18H2,1-3H3,(H,33,39)(H,34,45)/b35-15-/t21-,22-,24+,25+,26-,27-,28-,29-,31+/m1/s1. The molecule has 0 saturated carbocycles. The van der Waals surface area contributed by atoms with Crippen molar-refractivity contribution in [1.29, 1.82) is 0 Å². The molecule has 16 heteroatoms. The lowest BCUT2D eigenvalue weighted by Gasteiger charge is -2.42. The first-order chi connectivity index (χ1) is 22.7. The Bertz CT molecular complexity index is 1150. The quantitative estimate of drug-likeness (QED) is 0.0229. The van der Waals surface area contributed by atoms with Crippen LogP contribution in [-0.4, -0.2) is 144 Å². The zero-order chi connectivity index (χ0) is 36.0. The third-order valence-corrected chi connectivity index (χ3v) is 8.17. The predicted octanol–water partition coefficient (Wildman–Crippen LogP) is -2.25.